The smallest absolute Gasteiger partial charge is 0.268 e. The highest BCUT2D eigenvalue weighted by atomic mass is 15.4. The van der Waals surface area contributed by atoms with Crippen molar-refractivity contribution in [1.82, 2.24) is 50.8 Å². The van der Waals surface area contributed by atoms with Gasteiger partial charge in [-0.1, -0.05) is 0 Å². The molecule has 14 nitrogen and oxygen atoms in total. The predicted molar refractivity (Wildman–Crippen MR) is 70.0 cm³/mol. The number of nitrogens with zero attached hydrogens (tertiary/aromatic N) is 11. The average molecular weight is 300 g/mol. The van der Waals surface area contributed by atoms with E-state index in [9.17, 15) is 0 Å². The molecule has 110 valence electrons. The molecular weight excluding hydrogens is 292 g/mol. The lowest BCUT2D eigenvalue weighted by atomic mass is 10.4. The molecule has 0 aliphatic rings. The summed E-state index contributed by atoms with van der Waals surface area (Å²) in [7, 11) is 0. The van der Waals surface area contributed by atoms with Gasteiger partial charge in [0.15, 0.2) is 11.6 Å². The SMILES string of the molecule is Cc1nc(Cc2nnc(Nc3n[nH]c(N=[N+]=[N-])n3)nn2)n[nH]1. The minimum atomic E-state index is 0.0162. The molecule has 0 fully saturated rings. The summed E-state index contributed by atoms with van der Waals surface area (Å²) in [6.07, 6.45) is 0.312. The molecule has 0 saturated heterocycles. The van der Waals surface area contributed by atoms with Gasteiger partial charge < -0.3 is 0 Å². The number of hydrogen-bond donors (Lipinski definition) is 3. The number of azide groups is 1. The highest BCUT2D eigenvalue weighted by molar-refractivity contribution is 5.41. The fourth-order valence-electron chi connectivity index (χ4n) is 1.48. The van der Waals surface area contributed by atoms with Crippen LogP contribution in [0.5, 0.6) is 0 Å². The van der Waals surface area contributed by atoms with Crippen LogP contribution in [0.25, 0.3) is 10.4 Å². The van der Waals surface area contributed by atoms with Crippen LogP contribution in [0.15, 0.2) is 5.11 Å². The molecule has 22 heavy (non-hydrogen) atoms. The molecule has 0 atom stereocenters. The van der Waals surface area contributed by atoms with Crippen LogP contribution >= 0.6 is 0 Å². The van der Waals surface area contributed by atoms with Crippen LogP contribution in [0, 0.1) is 6.92 Å². The minimum absolute atomic E-state index is 0.0162. The van der Waals surface area contributed by atoms with Crippen LogP contribution in [0.3, 0.4) is 0 Å². The Labute approximate surface area is 121 Å². The summed E-state index contributed by atoms with van der Waals surface area (Å²) in [6.45, 7) is 1.79. The summed E-state index contributed by atoms with van der Waals surface area (Å²) >= 11 is 0. The lowest BCUT2D eigenvalue weighted by Gasteiger charge is -1.98. The van der Waals surface area contributed by atoms with Gasteiger partial charge in [0.1, 0.15) is 5.82 Å². The molecule has 0 aromatic carbocycles. The number of anilines is 2. The van der Waals surface area contributed by atoms with Crippen molar-refractivity contribution in [3.63, 3.8) is 0 Å². The second-order valence-corrected chi connectivity index (χ2v) is 3.95. The van der Waals surface area contributed by atoms with Crippen LogP contribution in [-0.4, -0.2) is 50.8 Å². The summed E-state index contributed by atoms with van der Waals surface area (Å²) in [5, 5.41) is 34.2. The first-order chi connectivity index (χ1) is 10.7. The molecule has 0 spiro atoms. The van der Waals surface area contributed by atoms with Gasteiger partial charge in [0, 0.05) is 4.91 Å². The van der Waals surface area contributed by atoms with E-state index in [0.717, 1.165) is 0 Å². The summed E-state index contributed by atoms with van der Waals surface area (Å²) in [5.41, 5.74) is 8.26. The Morgan fingerprint density at radius 1 is 1.05 bits per heavy atom. The van der Waals surface area contributed by atoms with Crippen molar-refractivity contribution < 1.29 is 0 Å². The van der Waals surface area contributed by atoms with E-state index < -0.39 is 0 Å². The van der Waals surface area contributed by atoms with Gasteiger partial charge in [0.25, 0.3) is 5.95 Å². The number of aromatic nitrogens is 10. The lowest BCUT2D eigenvalue weighted by molar-refractivity contribution is 0.768. The second kappa shape index (κ2) is 5.76. The Kier molecular flexibility index (Phi) is 3.49. The molecule has 0 aliphatic heterocycles. The summed E-state index contributed by atoms with van der Waals surface area (Å²) in [5.74, 6) is 1.87. The van der Waals surface area contributed by atoms with Gasteiger partial charge in [-0.2, -0.15) is 10.1 Å². The highest BCUT2D eigenvalue weighted by Gasteiger charge is 2.08. The van der Waals surface area contributed by atoms with Crippen LogP contribution in [0.2, 0.25) is 0 Å². The van der Waals surface area contributed by atoms with E-state index in [0.29, 0.717) is 23.9 Å². The van der Waals surface area contributed by atoms with Gasteiger partial charge >= 0.3 is 0 Å². The zero-order valence-electron chi connectivity index (χ0n) is 11.1. The van der Waals surface area contributed by atoms with Crippen LogP contribution in [-0.2, 0) is 6.42 Å². The number of hydrogen-bond acceptors (Lipinski definition) is 10. The van der Waals surface area contributed by atoms with Crippen molar-refractivity contribution in [3.8, 4) is 0 Å². The van der Waals surface area contributed by atoms with E-state index in [2.05, 4.69) is 66.1 Å². The van der Waals surface area contributed by atoms with Crippen molar-refractivity contribution in [2.75, 3.05) is 5.32 Å². The van der Waals surface area contributed by atoms with Crippen LogP contribution in [0.1, 0.15) is 17.5 Å². The van der Waals surface area contributed by atoms with Gasteiger partial charge in [-0.3, -0.25) is 15.5 Å². The van der Waals surface area contributed by atoms with Crippen molar-refractivity contribution >= 4 is 17.8 Å². The van der Waals surface area contributed by atoms with E-state index in [-0.39, 0.29) is 17.8 Å². The zero-order chi connectivity index (χ0) is 15.4. The maximum atomic E-state index is 8.26. The van der Waals surface area contributed by atoms with E-state index in [4.69, 9.17) is 5.53 Å². The third kappa shape index (κ3) is 3.07. The maximum Gasteiger partial charge on any atom is 0.268 e. The molecule has 0 saturated carbocycles. The van der Waals surface area contributed by atoms with E-state index in [1.54, 1.807) is 6.92 Å². The number of H-pyrrole nitrogens is 2. The van der Waals surface area contributed by atoms with Gasteiger partial charge in [-0.05, 0) is 17.6 Å². The standard InChI is InChI=1S/C8H8N14/c1-3-10-4(14-13-3)2-5-15-18-7(19-16-5)11-6-12-8(20-17-6)21-22-9/h2H2,1H3,(H,10,13,14)(H2,11,12,17,18,19,20). The quantitative estimate of drug-likeness (QED) is 0.332. The Hall–Kier alpha value is -3.67. The zero-order valence-corrected chi connectivity index (χ0v) is 11.1. The number of nitrogens with one attached hydrogen (secondary N) is 3. The first-order valence-corrected chi connectivity index (χ1v) is 5.91. The fourth-order valence-corrected chi connectivity index (χ4v) is 1.48. The van der Waals surface area contributed by atoms with Crippen molar-refractivity contribution in [2.45, 2.75) is 13.3 Å². The van der Waals surface area contributed by atoms with Crippen molar-refractivity contribution in [1.29, 1.82) is 0 Å². The molecule has 0 aliphatic carbocycles. The Bertz CT molecular complexity index is 807. The first kappa shape index (κ1) is 13.3. The lowest BCUT2D eigenvalue weighted by Crippen LogP contribution is -2.07. The molecule has 0 amide bonds. The van der Waals surface area contributed by atoms with Gasteiger partial charge in [-0.25, -0.2) is 4.98 Å². The highest BCUT2D eigenvalue weighted by Crippen LogP contribution is 2.10. The fraction of sp³-hybridized carbons (Fsp3) is 0.250. The Morgan fingerprint density at radius 3 is 2.55 bits per heavy atom. The van der Waals surface area contributed by atoms with Gasteiger partial charge in [0.05, 0.1) is 6.42 Å². The third-order valence-corrected chi connectivity index (χ3v) is 2.32. The second-order valence-electron chi connectivity index (χ2n) is 3.95. The molecule has 14 heteroatoms. The topological polar surface area (TPSA) is 195 Å². The Balaban J connectivity index is 1.66. The molecular formula is C8H8N14. The monoisotopic (exact) mass is 300 g/mol. The summed E-state index contributed by atoms with van der Waals surface area (Å²) < 4.78 is 0. The first-order valence-electron chi connectivity index (χ1n) is 5.91. The number of aryl methyl sites for hydroxylation is 1. The normalized spacial score (nSPS) is 10.2. The van der Waals surface area contributed by atoms with E-state index in [1.165, 1.54) is 0 Å². The molecule has 3 heterocycles. The molecule has 3 rings (SSSR count). The molecule has 3 N–H and O–H groups in total. The summed E-state index contributed by atoms with van der Waals surface area (Å²) in [4.78, 5) is 10.5. The van der Waals surface area contributed by atoms with E-state index in [1.807, 2.05) is 0 Å². The molecule has 0 radical (unpaired) electrons. The molecule has 3 aromatic rings. The molecule has 0 bridgehead atoms. The van der Waals surface area contributed by atoms with Crippen LogP contribution in [0.4, 0.5) is 17.8 Å². The minimum Gasteiger partial charge on any atom is -0.289 e. The average Bonchev–Trinajstić information content (AvgIpc) is 3.11. The molecule has 0 unspecified atom stereocenters. The molecule has 3 aromatic heterocycles. The van der Waals surface area contributed by atoms with E-state index >= 15 is 0 Å². The van der Waals surface area contributed by atoms with Crippen LogP contribution < -0.4 is 5.32 Å². The third-order valence-electron chi connectivity index (χ3n) is 2.32. The number of aromatic amines is 2. The largest absolute Gasteiger partial charge is 0.289 e. The Morgan fingerprint density at radius 2 is 1.86 bits per heavy atom. The van der Waals surface area contributed by atoms with Gasteiger partial charge in [0.2, 0.25) is 11.9 Å². The summed E-state index contributed by atoms with van der Waals surface area (Å²) in [6, 6.07) is 0. The number of rotatable bonds is 5. The van der Waals surface area contributed by atoms with Crippen molar-refractivity contribution in [3.05, 3.63) is 27.9 Å². The van der Waals surface area contributed by atoms with Gasteiger partial charge in [-0.15, -0.1) is 25.5 Å². The maximum absolute atomic E-state index is 8.26. The van der Waals surface area contributed by atoms with Crippen molar-refractivity contribution in [2.24, 2.45) is 5.11 Å². The predicted octanol–water partition coefficient (Wildman–Crippen LogP) is 0.0874.